The first-order valence-corrected chi connectivity index (χ1v) is 7.34. The van der Waals surface area contributed by atoms with E-state index in [4.69, 9.17) is 4.74 Å². The fourth-order valence-electron chi connectivity index (χ4n) is 3.08. The zero-order valence-corrected chi connectivity index (χ0v) is 11.5. The zero-order valence-electron chi connectivity index (χ0n) is 11.5. The van der Waals surface area contributed by atoms with Crippen molar-refractivity contribution >= 4 is 0 Å². The van der Waals surface area contributed by atoms with Crippen LogP contribution >= 0.6 is 0 Å². The summed E-state index contributed by atoms with van der Waals surface area (Å²) < 4.78 is 5.48. The lowest BCUT2D eigenvalue weighted by atomic mass is 10.00. The molecule has 0 aromatic heterocycles. The largest absolute Gasteiger partial charge is 0.381 e. The third kappa shape index (κ3) is 3.94. The second-order valence-electron chi connectivity index (χ2n) is 5.75. The van der Waals surface area contributed by atoms with Crippen LogP contribution in [0.4, 0.5) is 0 Å². The maximum atomic E-state index is 5.48. The molecule has 2 unspecified atom stereocenters. The van der Waals surface area contributed by atoms with E-state index < -0.39 is 0 Å². The van der Waals surface area contributed by atoms with Crippen LogP contribution in [0.3, 0.4) is 0 Å². The number of nitrogens with zero attached hydrogens (tertiary/aromatic N) is 1. The van der Waals surface area contributed by atoms with Gasteiger partial charge in [0, 0.05) is 31.8 Å². The summed E-state index contributed by atoms with van der Waals surface area (Å²) in [5.74, 6) is 0.771. The van der Waals surface area contributed by atoms with Crippen molar-refractivity contribution in [3.05, 3.63) is 0 Å². The Balaban J connectivity index is 1.89. The van der Waals surface area contributed by atoms with Gasteiger partial charge in [-0.15, -0.1) is 0 Å². The predicted octanol–water partition coefficient (Wildman–Crippen LogP) is 1.88. The molecule has 2 atom stereocenters. The first kappa shape index (κ1) is 13.3. The molecule has 1 N–H and O–H groups in total. The van der Waals surface area contributed by atoms with Gasteiger partial charge in [-0.3, -0.25) is 4.90 Å². The highest BCUT2D eigenvalue weighted by molar-refractivity contribution is 4.81. The second kappa shape index (κ2) is 6.72. The molecule has 2 heterocycles. The van der Waals surface area contributed by atoms with Gasteiger partial charge in [0.05, 0.1) is 0 Å². The Morgan fingerprint density at radius 2 is 2.00 bits per heavy atom. The molecule has 2 aliphatic heterocycles. The van der Waals surface area contributed by atoms with Crippen molar-refractivity contribution in [3.8, 4) is 0 Å². The van der Waals surface area contributed by atoms with Crippen molar-refractivity contribution in [2.45, 2.75) is 51.6 Å². The van der Waals surface area contributed by atoms with Crippen LogP contribution in [-0.4, -0.2) is 49.8 Å². The van der Waals surface area contributed by atoms with Gasteiger partial charge >= 0.3 is 0 Å². The Bertz CT molecular complexity index is 216. The quantitative estimate of drug-likeness (QED) is 0.797. The van der Waals surface area contributed by atoms with Gasteiger partial charge < -0.3 is 10.1 Å². The van der Waals surface area contributed by atoms with Gasteiger partial charge in [0.15, 0.2) is 0 Å². The van der Waals surface area contributed by atoms with Gasteiger partial charge in [-0.25, -0.2) is 0 Å². The normalized spacial score (nSPS) is 34.2. The topological polar surface area (TPSA) is 24.5 Å². The van der Waals surface area contributed by atoms with Crippen LogP contribution < -0.4 is 5.32 Å². The van der Waals surface area contributed by atoms with Crippen molar-refractivity contribution in [2.24, 2.45) is 5.92 Å². The van der Waals surface area contributed by atoms with Gasteiger partial charge in [-0.2, -0.15) is 0 Å². The lowest BCUT2D eigenvalue weighted by molar-refractivity contribution is 0.0247. The molecule has 0 amide bonds. The standard InChI is InChI=1S/C14H28N2O/c1-3-13-4-7-16(11-12(2)10-15-13)14-5-8-17-9-6-14/h12-15H,3-11H2,1-2H3. The summed E-state index contributed by atoms with van der Waals surface area (Å²) >= 11 is 0. The lowest BCUT2D eigenvalue weighted by Crippen LogP contribution is -2.48. The summed E-state index contributed by atoms with van der Waals surface area (Å²) in [5, 5.41) is 3.69. The van der Waals surface area contributed by atoms with E-state index in [0.29, 0.717) is 0 Å². The molecule has 3 heteroatoms. The van der Waals surface area contributed by atoms with E-state index >= 15 is 0 Å². The van der Waals surface area contributed by atoms with Gasteiger partial charge in [0.1, 0.15) is 0 Å². The van der Waals surface area contributed by atoms with Crippen LogP contribution in [0, 0.1) is 5.92 Å². The van der Waals surface area contributed by atoms with E-state index in [1.54, 1.807) is 0 Å². The number of hydrogen-bond donors (Lipinski definition) is 1. The smallest absolute Gasteiger partial charge is 0.0480 e. The molecule has 3 nitrogen and oxygen atoms in total. The molecule has 2 fully saturated rings. The minimum atomic E-state index is 0.722. The van der Waals surface area contributed by atoms with Crippen LogP contribution in [0.25, 0.3) is 0 Å². The summed E-state index contributed by atoms with van der Waals surface area (Å²) in [7, 11) is 0. The predicted molar refractivity (Wildman–Crippen MR) is 71.3 cm³/mol. The van der Waals surface area contributed by atoms with E-state index in [9.17, 15) is 0 Å². The minimum absolute atomic E-state index is 0.722. The lowest BCUT2D eigenvalue weighted by Gasteiger charge is -2.38. The Hall–Kier alpha value is -0.120. The maximum Gasteiger partial charge on any atom is 0.0480 e. The summed E-state index contributed by atoms with van der Waals surface area (Å²) in [6, 6.07) is 1.50. The summed E-state index contributed by atoms with van der Waals surface area (Å²) in [6.45, 7) is 10.3. The zero-order chi connectivity index (χ0) is 12.1. The fraction of sp³-hybridized carbons (Fsp3) is 1.00. The molecule has 2 rings (SSSR count). The van der Waals surface area contributed by atoms with Gasteiger partial charge in [-0.1, -0.05) is 13.8 Å². The van der Waals surface area contributed by atoms with E-state index in [2.05, 4.69) is 24.1 Å². The van der Waals surface area contributed by atoms with E-state index in [1.807, 2.05) is 0 Å². The second-order valence-corrected chi connectivity index (χ2v) is 5.75. The third-order valence-corrected chi connectivity index (χ3v) is 4.27. The molecule has 0 aromatic carbocycles. The molecular formula is C14H28N2O. The molecule has 100 valence electrons. The van der Waals surface area contributed by atoms with Crippen LogP contribution in [0.2, 0.25) is 0 Å². The molecule has 0 aliphatic carbocycles. The maximum absolute atomic E-state index is 5.48. The Kier molecular flexibility index (Phi) is 5.26. The van der Waals surface area contributed by atoms with E-state index in [1.165, 1.54) is 45.3 Å². The molecule has 0 bridgehead atoms. The molecule has 0 saturated carbocycles. The van der Waals surface area contributed by atoms with Crippen LogP contribution in [0.5, 0.6) is 0 Å². The van der Waals surface area contributed by atoms with Crippen molar-refractivity contribution in [1.82, 2.24) is 10.2 Å². The summed E-state index contributed by atoms with van der Waals surface area (Å²) in [5.41, 5.74) is 0. The molecule has 0 spiro atoms. The number of ether oxygens (including phenoxy) is 1. The Labute approximate surface area is 106 Å². The van der Waals surface area contributed by atoms with Crippen LogP contribution in [0.15, 0.2) is 0 Å². The highest BCUT2D eigenvalue weighted by Crippen LogP contribution is 2.18. The van der Waals surface area contributed by atoms with Gasteiger partial charge in [0.25, 0.3) is 0 Å². The van der Waals surface area contributed by atoms with Crippen molar-refractivity contribution in [2.75, 3.05) is 32.8 Å². The average molecular weight is 240 g/mol. The fourth-order valence-corrected chi connectivity index (χ4v) is 3.08. The average Bonchev–Trinajstić information content (AvgIpc) is 2.35. The van der Waals surface area contributed by atoms with E-state index in [-0.39, 0.29) is 0 Å². The number of nitrogens with one attached hydrogen (secondary N) is 1. The van der Waals surface area contributed by atoms with Gasteiger partial charge in [0.2, 0.25) is 0 Å². The van der Waals surface area contributed by atoms with E-state index in [0.717, 1.165) is 31.2 Å². The molecular weight excluding hydrogens is 212 g/mol. The SMILES string of the molecule is CCC1CCN(C2CCOCC2)CC(C)CN1. The van der Waals surface area contributed by atoms with Crippen LogP contribution in [-0.2, 0) is 4.74 Å². The first-order valence-electron chi connectivity index (χ1n) is 7.34. The number of rotatable bonds is 2. The molecule has 2 saturated heterocycles. The third-order valence-electron chi connectivity index (χ3n) is 4.27. The van der Waals surface area contributed by atoms with Crippen LogP contribution in [0.1, 0.15) is 39.5 Å². The van der Waals surface area contributed by atoms with Crippen molar-refractivity contribution in [1.29, 1.82) is 0 Å². The first-order chi connectivity index (χ1) is 8.29. The molecule has 17 heavy (non-hydrogen) atoms. The van der Waals surface area contributed by atoms with Crippen molar-refractivity contribution in [3.63, 3.8) is 0 Å². The van der Waals surface area contributed by atoms with Crippen molar-refractivity contribution < 1.29 is 4.74 Å². The minimum Gasteiger partial charge on any atom is -0.381 e. The van der Waals surface area contributed by atoms with Gasteiger partial charge in [-0.05, 0) is 44.7 Å². The monoisotopic (exact) mass is 240 g/mol. The molecule has 0 radical (unpaired) electrons. The summed E-state index contributed by atoms with van der Waals surface area (Å²) in [4.78, 5) is 2.73. The highest BCUT2D eigenvalue weighted by Gasteiger charge is 2.25. The molecule has 0 aromatic rings. The Morgan fingerprint density at radius 3 is 2.71 bits per heavy atom. The summed E-state index contributed by atoms with van der Waals surface area (Å²) in [6.07, 6.45) is 5.03. The highest BCUT2D eigenvalue weighted by atomic mass is 16.5. The number of hydrogen-bond acceptors (Lipinski definition) is 3. The molecule has 2 aliphatic rings. The Morgan fingerprint density at radius 1 is 1.24 bits per heavy atom.